The van der Waals surface area contributed by atoms with Crippen LogP contribution in [-0.4, -0.2) is 22.3 Å². The quantitative estimate of drug-likeness (QED) is 0.444. The van der Waals surface area contributed by atoms with Crippen LogP contribution in [0.4, 0.5) is 13.2 Å². The van der Waals surface area contributed by atoms with Crippen molar-refractivity contribution < 1.29 is 22.4 Å². The zero-order valence-electron chi connectivity index (χ0n) is 15.9. The van der Waals surface area contributed by atoms with E-state index in [4.69, 9.17) is 4.42 Å². The highest BCUT2D eigenvalue weighted by molar-refractivity contribution is 5.91. The van der Waals surface area contributed by atoms with Crippen molar-refractivity contribution in [3.8, 4) is 0 Å². The minimum Gasteiger partial charge on any atom is -0.459 e. The Morgan fingerprint density at radius 2 is 1.77 bits per heavy atom. The molecular weight excluding hydrogens is 393 g/mol. The Bertz CT molecular complexity index is 1130. The summed E-state index contributed by atoms with van der Waals surface area (Å²) < 4.78 is 43.7. The highest BCUT2D eigenvalue weighted by Crippen LogP contribution is 2.29. The van der Waals surface area contributed by atoms with Crippen molar-refractivity contribution in [2.24, 2.45) is 0 Å². The fraction of sp³-hybridized carbons (Fsp3) is 0.174. The SMILES string of the molecule is O=C(c1ccco1)N(CCc1c[nH]c2ccccc12)Cc1ccc(C(F)(F)F)cc1. The van der Waals surface area contributed by atoms with E-state index in [-0.39, 0.29) is 18.2 Å². The first-order valence-corrected chi connectivity index (χ1v) is 9.46. The van der Waals surface area contributed by atoms with Gasteiger partial charge in [-0.1, -0.05) is 30.3 Å². The van der Waals surface area contributed by atoms with E-state index in [1.165, 1.54) is 18.4 Å². The van der Waals surface area contributed by atoms with Gasteiger partial charge in [0.25, 0.3) is 5.91 Å². The molecule has 0 fully saturated rings. The van der Waals surface area contributed by atoms with Gasteiger partial charge in [-0.3, -0.25) is 4.79 Å². The molecule has 2 heterocycles. The van der Waals surface area contributed by atoms with Crippen molar-refractivity contribution in [1.29, 1.82) is 0 Å². The largest absolute Gasteiger partial charge is 0.459 e. The third-order valence-electron chi connectivity index (χ3n) is 5.00. The van der Waals surface area contributed by atoms with Crippen molar-refractivity contribution in [3.63, 3.8) is 0 Å². The summed E-state index contributed by atoms with van der Waals surface area (Å²) in [6, 6.07) is 16.0. The first-order valence-electron chi connectivity index (χ1n) is 9.46. The lowest BCUT2D eigenvalue weighted by Gasteiger charge is -2.22. The standard InChI is InChI=1S/C23H19F3N2O2/c24-23(25,26)18-9-7-16(8-10-18)15-28(22(29)21-6-3-13-30-21)12-11-17-14-27-20-5-2-1-4-19(17)20/h1-10,13-14,27H,11-12,15H2. The van der Waals surface area contributed by atoms with Gasteiger partial charge >= 0.3 is 6.18 Å². The number of halogens is 3. The molecule has 0 bridgehead atoms. The molecule has 0 saturated heterocycles. The number of H-pyrrole nitrogens is 1. The van der Waals surface area contributed by atoms with Crippen molar-refractivity contribution in [3.05, 3.63) is 95.6 Å². The van der Waals surface area contributed by atoms with Crippen LogP contribution in [0, 0.1) is 0 Å². The number of carbonyl (C=O) groups excluding carboxylic acids is 1. The zero-order valence-corrected chi connectivity index (χ0v) is 15.9. The summed E-state index contributed by atoms with van der Waals surface area (Å²) >= 11 is 0. The molecule has 0 spiro atoms. The number of aromatic nitrogens is 1. The smallest absolute Gasteiger partial charge is 0.416 e. The number of carbonyl (C=O) groups is 1. The first-order chi connectivity index (χ1) is 14.4. The van der Waals surface area contributed by atoms with E-state index in [1.54, 1.807) is 17.0 Å². The van der Waals surface area contributed by atoms with Crippen LogP contribution >= 0.6 is 0 Å². The highest BCUT2D eigenvalue weighted by Gasteiger charge is 2.30. The first kappa shape index (κ1) is 19.8. The number of nitrogens with one attached hydrogen (secondary N) is 1. The average molecular weight is 412 g/mol. The molecule has 0 aliphatic heterocycles. The molecule has 30 heavy (non-hydrogen) atoms. The second-order valence-corrected chi connectivity index (χ2v) is 7.01. The van der Waals surface area contributed by atoms with Crippen LogP contribution in [0.5, 0.6) is 0 Å². The molecule has 0 radical (unpaired) electrons. The molecular formula is C23H19F3N2O2. The predicted octanol–water partition coefficient (Wildman–Crippen LogP) is 5.66. The number of rotatable bonds is 6. The van der Waals surface area contributed by atoms with Crippen LogP contribution in [0.1, 0.15) is 27.2 Å². The number of fused-ring (bicyclic) bond motifs is 1. The molecule has 0 unspecified atom stereocenters. The number of para-hydroxylation sites is 1. The van der Waals surface area contributed by atoms with E-state index >= 15 is 0 Å². The summed E-state index contributed by atoms with van der Waals surface area (Å²) in [5.41, 5.74) is 1.98. The number of hydrogen-bond donors (Lipinski definition) is 1. The van der Waals surface area contributed by atoms with Crippen LogP contribution in [0.15, 0.2) is 77.5 Å². The average Bonchev–Trinajstić information content (AvgIpc) is 3.40. The normalized spacial score (nSPS) is 11.7. The second kappa shape index (κ2) is 8.10. The number of aromatic amines is 1. The maximum Gasteiger partial charge on any atom is 0.416 e. The van der Waals surface area contributed by atoms with Crippen molar-refractivity contribution in [2.75, 3.05) is 6.54 Å². The summed E-state index contributed by atoms with van der Waals surface area (Å²) in [5, 5.41) is 1.08. The Labute approximate surface area is 170 Å². The van der Waals surface area contributed by atoms with Gasteiger partial charge in [-0.2, -0.15) is 13.2 Å². The van der Waals surface area contributed by atoms with Gasteiger partial charge < -0.3 is 14.3 Å². The lowest BCUT2D eigenvalue weighted by atomic mass is 10.1. The lowest BCUT2D eigenvalue weighted by molar-refractivity contribution is -0.137. The van der Waals surface area contributed by atoms with E-state index in [2.05, 4.69) is 4.98 Å². The van der Waals surface area contributed by atoms with Gasteiger partial charge in [0.05, 0.1) is 11.8 Å². The molecule has 0 aliphatic rings. The lowest BCUT2D eigenvalue weighted by Crippen LogP contribution is -2.32. The molecule has 154 valence electrons. The van der Waals surface area contributed by atoms with E-state index in [9.17, 15) is 18.0 Å². The van der Waals surface area contributed by atoms with Crippen LogP contribution in [0.2, 0.25) is 0 Å². The topological polar surface area (TPSA) is 49.2 Å². The molecule has 7 heteroatoms. The number of nitrogens with zero attached hydrogens (tertiary/aromatic N) is 1. The summed E-state index contributed by atoms with van der Waals surface area (Å²) in [6.07, 6.45) is -0.462. The van der Waals surface area contributed by atoms with E-state index in [0.717, 1.165) is 28.6 Å². The highest BCUT2D eigenvalue weighted by atomic mass is 19.4. The van der Waals surface area contributed by atoms with Gasteiger partial charge in [0.15, 0.2) is 5.76 Å². The monoisotopic (exact) mass is 412 g/mol. The number of benzene rings is 2. The number of alkyl halides is 3. The molecule has 2 aromatic heterocycles. The minimum absolute atomic E-state index is 0.181. The summed E-state index contributed by atoms with van der Waals surface area (Å²) in [7, 11) is 0. The van der Waals surface area contributed by atoms with E-state index < -0.39 is 11.7 Å². The summed E-state index contributed by atoms with van der Waals surface area (Å²) in [5.74, 6) is -0.111. The van der Waals surface area contributed by atoms with Crippen molar-refractivity contribution in [2.45, 2.75) is 19.1 Å². The maximum atomic E-state index is 12.9. The molecule has 1 amide bonds. The zero-order chi connectivity index (χ0) is 21.1. The van der Waals surface area contributed by atoms with Crippen LogP contribution in [0.3, 0.4) is 0 Å². The van der Waals surface area contributed by atoms with Gasteiger partial charge in [-0.15, -0.1) is 0 Å². The molecule has 4 aromatic rings. The molecule has 0 saturated carbocycles. The molecule has 4 rings (SSSR count). The van der Waals surface area contributed by atoms with Crippen molar-refractivity contribution >= 4 is 16.8 Å². The second-order valence-electron chi connectivity index (χ2n) is 7.01. The Balaban J connectivity index is 1.54. The number of hydrogen-bond acceptors (Lipinski definition) is 2. The van der Waals surface area contributed by atoms with E-state index in [0.29, 0.717) is 18.5 Å². The predicted molar refractivity (Wildman–Crippen MR) is 107 cm³/mol. The number of amides is 1. The summed E-state index contributed by atoms with van der Waals surface area (Å²) in [6.45, 7) is 0.572. The van der Waals surface area contributed by atoms with Crippen LogP contribution < -0.4 is 0 Å². The third-order valence-corrected chi connectivity index (χ3v) is 5.00. The van der Waals surface area contributed by atoms with Crippen molar-refractivity contribution in [1.82, 2.24) is 9.88 Å². The fourth-order valence-electron chi connectivity index (χ4n) is 3.42. The Kier molecular flexibility index (Phi) is 5.35. The van der Waals surface area contributed by atoms with Crippen LogP contribution in [-0.2, 0) is 19.1 Å². The van der Waals surface area contributed by atoms with Crippen LogP contribution in [0.25, 0.3) is 10.9 Å². The molecule has 0 atom stereocenters. The number of furan rings is 1. The molecule has 1 N–H and O–H groups in total. The molecule has 4 nitrogen and oxygen atoms in total. The van der Waals surface area contributed by atoms with Gasteiger partial charge in [-0.25, -0.2) is 0 Å². The van der Waals surface area contributed by atoms with Gasteiger partial charge in [0.1, 0.15) is 0 Å². The Morgan fingerprint density at radius 1 is 1.00 bits per heavy atom. The molecule has 2 aromatic carbocycles. The van der Waals surface area contributed by atoms with E-state index in [1.807, 2.05) is 30.5 Å². The summed E-state index contributed by atoms with van der Waals surface area (Å²) in [4.78, 5) is 17.7. The Morgan fingerprint density at radius 3 is 2.47 bits per heavy atom. The van der Waals surface area contributed by atoms with Gasteiger partial charge in [0, 0.05) is 30.2 Å². The van der Waals surface area contributed by atoms with Gasteiger partial charge in [-0.05, 0) is 47.9 Å². The Hall–Kier alpha value is -3.48. The fourth-order valence-corrected chi connectivity index (χ4v) is 3.42. The molecule has 0 aliphatic carbocycles. The third kappa shape index (κ3) is 4.25. The van der Waals surface area contributed by atoms with Gasteiger partial charge in [0.2, 0.25) is 0 Å². The maximum absolute atomic E-state index is 12.9. The minimum atomic E-state index is -4.39.